The Hall–Kier alpha value is -5.54. The number of nitrogens with zero attached hydrogens (tertiary/aromatic N) is 1. The minimum Gasteiger partial charge on any atom is -0.289 e. The first-order valence-electron chi connectivity index (χ1n) is 14.6. The van der Waals surface area contributed by atoms with Crippen molar-refractivity contribution in [3.63, 3.8) is 0 Å². The van der Waals surface area contributed by atoms with Gasteiger partial charge in [-0.25, -0.2) is 0 Å². The van der Waals surface area contributed by atoms with E-state index in [1.807, 2.05) is 36.4 Å². The molecule has 6 aromatic carbocycles. The van der Waals surface area contributed by atoms with Crippen molar-refractivity contribution < 1.29 is 9.59 Å². The van der Waals surface area contributed by atoms with E-state index in [0.717, 1.165) is 61.6 Å². The minimum absolute atomic E-state index is 0.0490. The summed E-state index contributed by atoms with van der Waals surface area (Å²) in [7, 11) is 0. The highest BCUT2D eigenvalue weighted by Crippen LogP contribution is 2.60. The van der Waals surface area contributed by atoms with Gasteiger partial charge in [0, 0.05) is 21.9 Å². The van der Waals surface area contributed by atoms with Crippen molar-refractivity contribution in [3.05, 3.63) is 166 Å². The maximum atomic E-state index is 14.7. The van der Waals surface area contributed by atoms with E-state index in [9.17, 15) is 9.59 Å². The molecule has 0 radical (unpaired) electrons. The van der Waals surface area contributed by atoms with E-state index in [-0.39, 0.29) is 5.78 Å². The van der Waals surface area contributed by atoms with Crippen molar-refractivity contribution in [2.75, 3.05) is 0 Å². The van der Waals surface area contributed by atoms with Crippen LogP contribution in [-0.2, 0) is 10.2 Å². The quantitative estimate of drug-likeness (QED) is 0.202. The molecule has 0 aliphatic heterocycles. The summed E-state index contributed by atoms with van der Waals surface area (Å²) < 4.78 is 1.72. The van der Waals surface area contributed by atoms with Gasteiger partial charge in [-0.15, -0.1) is 0 Å². The highest BCUT2D eigenvalue weighted by atomic mass is 16.1. The molecule has 3 heteroatoms. The highest BCUT2D eigenvalue weighted by Gasteiger charge is 2.52. The number of rotatable bonds is 2. The van der Waals surface area contributed by atoms with Crippen LogP contribution in [0.3, 0.4) is 0 Å². The molecule has 0 bridgehead atoms. The van der Waals surface area contributed by atoms with Crippen LogP contribution in [0.25, 0.3) is 44.1 Å². The van der Waals surface area contributed by atoms with Crippen molar-refractivity contribution in [3.8, 4) is 22.3 Å². The van der Waals surface area contributed by atoms with Crippen LogP contribution in [-0.4, -0.2) is 16.8 Å². The summed E-state index contributed by atoms with van der Waals surface area (Å²) in [5, 5.41) is 1.86. The number of hydrogen-bond acceptors (Lipinski definition) is 2. The van der Waals surface area contributed by atoms with Crippen LogP contribution in [0.2, 0.25) is 0 Å². The van der Waals surface area contributed by atoms with Crippen LogP contribution in [0.1, 0.15) is 43.7 Å². The number of para-hydroxylation sites is 1. The number of carbonyl (C=O) groups is 2. The lowest BCUT2D eigenvalue weighted by molar-refractivity contribution is 0.103. The van der Waals surface area contributed by atoms with Crippen LogP contribution in [0.15, 0.2) is 127 Å². The van der Waals surface area contributed by atoms with Crippen LogP contribution in [0, 0.1) is 6.92 Å². The number of ketones is 1. The molecule has 0 fully saturated rings. The van der Waals surface area contributed by atoms with Gasteiger partial charge in [0.2, 0.25) is 6.41 Å². The maximum absolute atomic E-state index is 14.7. The van der Waals surface area contributed by atoms with Crippen LogP contribution in [0.4, 0.5) is 0 Å². The molecular formula is C40H25NO2. The first-order chi connectivity index (χ1) is 21.2. The lowest BCUT2D eigenvalue weighted by Crippen LogP contribution is -2.36. The lowest BCUT2D eigenvalue weighted by atomic mass is 9.61. The monoisotopic (exact) mass is 551 g/mol. The van der Waals surface area contributed by atoms with Crippen molar-refractivity contribution in [2.45, 2.75) is 12.3 Å². The highest BCUT2D eigenvalue weighted by molar-refractivity contribution is 6.26. The molecule has 0 saturated heterocycles. The smallest absolute Gasteiger partial charge is 0.218 e. The molecule has 0 N–H and O–H groups in total. The van der Waals surface area contributed by atoms with Gasteiger partial charge >= 0.3 is 0 Å². The summed E-state index contributed by atoms with van der Waals surface area (Å²) in [6, 6.07) is 43.7. The van der Waals surface area contributed by atoms with Gasteiger partial charge in [-0.1, -0.05) is 127 Å². The van der Waals surface area contributed by atoms with Crippen LogP contribution in [0.5, 0.6) is 0 Å². The summed E-state index contributed by atoms with van der Waals surface area (Å²) >= 11 is 0. The molecule has 43 heavy (non-hydrogen) atoms. The predicted molar refractivity (Wildman–Crippen MR) is 173 cm³/mol. The van der Waals surface area contributed by atoms with Crippen molar-refractivity contribution >= 4 is 34.0 Å². The van der Waals surface area contributed by atoms with Gasteiger partial charge in [0.05, 0.1) is 22.0 Å². The second-order valence-electron chi connectivity index (χ2n) is 11.6. The third-order valence-corrected chi connectivity index (χ3v) is 9.69. The Balaban J connectivity index is 1.50. The minimum atomic E-state index is -0.690. The third-order valence-electron chi connectivity index (χ3n) is 9.69. The van der Waals surface area contributed by atoms with Gasteiger partial charge in [0.15, 0.2) is 5.78 Å². The van der Waals surface area contributed by atoms with Gasteiger partial charge in [-0.2, -0.15) is 0 Å². The number of benzene rings is 6. The lowest BCUT2D eigenvalue weighted by Gasteiger charge is -2.39. The average molecular weight is 552 g/mol. The van der Waals surface area contributed by atoms with Crippen LogP contribution < -0.4 is 0 Å². The van der Waals surface area contributed by atoms with Gasteiger partial charge in [0.1, 0.15) is 0 Å². The molecule has 202 valence electrons. The Bertz CT molecular complexity index is 2310. The first-order valence-corrected chi connectivity index (χ1v) is 14.6. The molecule has 1 spiro atoms. The van der Waals surface area contributed by atoms with E-state index in [2.05, 4.69) is 97.9 Å². The zero-order chi connectivity index (χ0) is 28.9. The molecule has 7 aromatic rings. The Labute approximate surface area is 248 Å². The second kappa shape index (κ2) is 8.50. The zero-order valence-electron chi connectivity index (χ0n) is 23.5. The summed E-state index contributed by atoms with van der Waals surface area (Å²) in [6.45, 7) is 2.09. The van der Waals surface area contributed by atoms with Gasteiger partial charge in [-0.3, -0.25) is 14.2 Å². The molecule has 0 amide bonds. The molecule has 0 unspecified atom stereocenters. The fourth-order valence-electron chi connectivity index (χ4n) is 8.03. The maximum Gasteiger partial charge on any atom is 0.218 e. The Morgan fingerprint density at radius 3 is 1.70 bits per heavy atom. The Morgan fingerprint density at radius 2 is 1.05 bits per heavy atom. The number of hydrogen-bond donors (Lipinski definition) is 0. The van der Waals surface area contributed by atoms with E-state index in [1.165, 1.54) is 11.1 Å². The molecule has 1 aromatic heterocycles. The SMILES string of the molecule is Cc1ccccc1-c1cccc2c3ccc4c(c3n(C=O)c12)C(=O)c1ccccc1C41c2ccccc2-c2ccccc21. The largest absolute Gasteiger partial charge is 0.289 e. The second-order valence-corrected chi connectivity index (χ2v) is 11.6. The molecular weight excluding hydrogens is 526 g/mol. The fourth-order valence-corrected chi connectivity index (χ4v) is 8.03. The summed E-state index contributed by atoms with van der Waals surface area (Å²) in [5.41, 5.74) is 11.8. The van der Waals surface area contributed by atoms with Crippen molar-refractivity contribution in [1.29, 1.82) is 0 Å². The number of aromatic nitrogens is 1. The van der Waals surface area contributed by atoms with E-state index in [0.29, 0.717) is 16.6 Å². The molecule has 9 rings (SSSR count). The van der Waals surface area contributed by atoms with Gasteiger partial charge in [0.25, 0.3) is 0 Å². The molecule has 2 aliphatic carbocycles. The Kier molecular flexibility index (Phi) is 4.76. The molecule has 2 aliphatic rings. The van der Waals surface area contributed by atoms with E-state index in [4.69, 9.17) is 0 Å². The van der Waals surface area contributed by atoms with Gasteiger partial charge in [-0.05, 0) is 51.4 Å². The van der Waals surface area contributed by atoms with Crippen molar-refractivity contribution in [1.82, 2.24) is 4.57 Å². The van der Waals surface area contributed by atoms with E-state index in [1.54, 1.807) is 4.57 Å². The predicted octanol–water partition coefficient (Wildman–Crippen LogP) is 8.72. The number of aryl methyl sites for hydroxylation is 1. The Morgan fingerprint density at radius 1 is 0.512 bits per heavy atom. The summed E-state index contributed by atoms with van der Waals surface area (Å²) in [5.74, 6) is -0.0490. The summed E-state index contributed by atoms with van der Waals surface area (Å²) in [6.07, 6.45) is 0.879. The van der Waals surface area contributed by atoms with Crippen molar-refractivity contribution in [2.24, 2.45) is 0 Å². The summed E-state index contributed by atoms with van der Waals surface area (Å²) in [4.78, 5) is 27.9. The zero-order valence-corrected chi connectivity index (χ0v) is 23.5. The molecule has 3 nitrogen and oxygen atoms in total. The molecule has 0 saturated carbocycles. The third kappa shape index (κ3) is 2.84. The van der Waals surface area contributed by atoms with E-state index >= 15 is 0 Å². The molecule has 1 heterocycles. The first kappa shape index (κ1) is 24.1. The average Bonchev–Trinajstić information content (AvgIpc) is 3.55. The molecule has 0 atom stereocenters. The number of carbonyl (C=O) groups excluding carboxylic acids is 2. The van der Waals surface area contributed by atoms with Gasteiger partial charge < -0.3 is 0 Å². The van der Waals surface area contributed by atoms with Crippen LogP contribution >= 0.6 is 0 Å². The number of fused-ring (bicyclic) bond motifs is 13. The van der Waals surface area contributed by atoms with E-state index < -0.39 is 5.41 Å². The topological polar surface area (TPSA) is 39.1 Å². The fraction of sp³-hybridized carbons (Fsp3) is 0.0500. The standard InChI is InChI=1S/C40H25NO2/c1-24-11-2-3-12-25(24)28-16-10-17-29-30-21-22-35-36(38(30)41(23-42)37(28)29)39(43)31-15-6-9-20-34(31)40(35)32-18-7-4-13-26(32)27-14-5-8-19-33(27)40/h2-23H,1H3. The normalized spacial score (nSPS) is 14.0.